The SMILES string of the molecule is CCc1cnc(C(C)NS(=O)(=O)CC2CCCCN2)s1. The Morgan fingerprint density at radius 1 is 1.55 bits per heavy atom. The summed E-state index contributed by atoms with van der Waals surface area (Å²) in [6.45, 7) is 4.84. The molecule has 0 saturated carbocycles. The van der Waals surface area contributed by atoms with Gasteiger partial charge in [-0.15, -0.1) is 11.3 Å². The van der Waals surface area contributed by atoms with Crippen LogP contribution in [0.15, 0.2) is 6.20 Å². The summed E-state index contributed by atoms with van der Waals surface area (Å²) in [5, 5.41) is 4.10. The number of nitrogens with one attached hydrogen (secondary N) is 2. The zero-order valence-corrected chi connectivity index (χ0v) is 13.7. The highest BCUT2D eigenvalue weighted by Gasteiger charge is 2.23. The van der Waals surface area contributed by atoms with E-state index in [1.807, 2.05) is 13.1 Å². The number of aryl methyl sites for hydroxylation is 1. The summed E-state index contributed by atoms with van der Waals surface area (Å²) in [5.74, 6) is 0.156. The van der Waals surface area contributed by atoms with Crippen LogP contribution in [0.25, 0.3) is 0 Å². The van der Waals surface area contributed by atoms with Crippen LogP contribution in [0.4, 0.5) is 0 Å². The Kier molecular flexibility index (Phi) is 5.54. The summed E-state index contributed by atoms with van der Waals surface area (Å²) in [6.07, 6.45) is 5.94. The minimum Gasteiger partial charge on any atom is -0.313 e. The van der Waals surface area contributed by atoms with Gasteiger partial charge < -0.3 is 5.32 Å². The van der Waals surface area contributed by atoms with E-state index in [0.29, 0.717) is 0 Å². The highest BCUT2D eigenvalue weighted by Crippen LogP contribution is 2.21. The minimum absolute atomic E-state index is 0.0796. The van der Waals surface area contributed by atoms with Crippen molar-refractivity contribution in [1.29, 1.82) is 0 Å². The van der Waals surface area contributed by atoms with E-state index in [1.165, 1.54) is 4.88 Å². The van der Waals surface area contributed by atoms with Crippen LogP contribution in [0.3, 0.4) is 0 Å². The van der Waals surface area contributed by atoms with Crippen LogP contribution in [0.5, 0.6) is 0 Å². The molecule has 0 spiro atoms. The molecule has 0 radical (unpaired) electrons. The molecule has 7 heteroatoms. The fourth-order valence-electron chi connectivity index (χ4n) is 2.39. The smallest absolute Gasteiger partial charge is 0.213 e. The summed E-state index contributed by atoms with van der Waals surface area (Å²) >= 11 is 1.57. The molecule has 2 N–H and O–H groups in total. The lowest BCUT2D eigenvalue weighted by molar-refractivity contribution is 0.421. The molecule has 0 aromatic carbocycles. The van der Waals surface area contributed by atoms with Crippen molar-refractivity contribution in [3.8, 4) is 0 Å². The molecule has 2 heterocycles. The Morgan fingerprint density at radius 3 is 2.95 bits per heavy atom. The number of sulfonamides is 1. The second-order valence-corrected chi connectivity index (χ2v) is 8.23. The number of hydrogen-bond acceptors (Lipinski definition) is 5. The van der Waals surface area contributed by atoms with Crippen molar-refractivity contribution in [3.63, 3.8) is 0 Å². The van der Waals surface area contributed by atoms with Gasteiger partial charge in [-0.05, 0) is 32.7 Å². The van der Waals surface area contributed by atoms with Crippen molar-refractivity contribution in [2.75, 3.05) is 12.3 Å². The average Bonchev–Trinajstić information content (AvgIpc) is 2.87. The molecule has 1 aromatic rings. The van der Waals surface area contributed by atoms with Gasteiger partial charge in [-0.25, -0.2) is 18.1 Å². The molecule has 1 aromatic heterocycles. The molecule has 5 nitrogen and oxygen atoms in total. The third kappa shape index (κ3) is 4.51. The molecule has 0 aliphatic carbocycles. The van der Waals surface area contributed by atoms with Gasteiger partial charge in [0.05, 0.1) is 11.8 Å². The normalized spacial score (nSPS) is 21.8. The first kappa shape index (κ1) is 15.9. The first-order chi connectivity index (χ1) is 9.50. The van der Waals surface area contributed by atoms with Crippen molar-refractivity contribution in [2.45, 2.75) is 51.6 Å². The molecular weight excluding hydrogens is 294 g/mol. The fraction of sp³-hybridized carbons (Fsp3) is 0.769. The largest absolute Gasteiger partial charge is 0.313 e. The molecule has 1 fully saturated rings. The van der Waals surface area contributed by atoms with Crippen molar-refractivity contribution < 1.29 is 8.42 Å². The van der Waals surface area contributed by atoms with Gasteiger partial charge in [0.2, 0.25) is 10.0 Å². The molecule has 2 rings (SSSR count). The van der Waals surface area contributed by atoms with Gasteiger partial charge >= 0.3 is 0 Å². The van der Waals surface area contributed by atoms with E-state index >= 15 is 0 Å². The van der Waals surface area contributed by atoms with Gasteiger partial charge in [-0.2, -0.15) is 0 Å². The first-order valence-corrected chi connectivity index (χ1v) is 9.65. The van der Waals surface area contributed by atoms with Crippen LogP contribution in [0.2, 0.25) is 0 Å². The zero-order valence-electron chi connectivity index (χ0n) is 12.1. The van der Waals surface area contributed by atoms with Crippen LogP contribution in [0, 0.1) is 0 Å². The minimum atomic E-state index is -3.27. The van der Waals surface area contributed by atoms with Crippen LogP contribution in [-0.4, -0.2) is 31.7 Å². The maximum atomic E-state index is 12.2. The van der Waals surface area contributed by atoms with Gasteiger partial charge in [0.1, 0.15) is 5.01 Å². The van der Waals surface area contributed by atoms with E-state index in [0.717, 1.165) is 37.2 Å². The fourth-order valence-corrected chi connectivity index (χ4v) is 4.88. The topological polar surface area (TPSA) is 71.1 Å². The van der Waals surface area contributed by atoms with Gasteiger partial charge in [-0.3, -0.25) is 0 Å². The summed E-state index contributed by atoms with van der Waals surface area (Å²) in [7, 11) is -3.27. The number of piperidine rings is 1. The lowest BCUT2D eigenvalue weighted by Gasteiger charge is -2.24. The highest BCUT2D eigenvalue weighted by molar-refractivity contribution is 7.89. The molecular formula is C13H23N3O2S2. The Labute approximate surface area is 125 Å². The lowest BCUT2D eigenvalue weighted by atomic mass is 10.1. The van der Waals surface area contributed by atoms with Crippen molar-refractivity contribution in [1.82, 2.24) is 15.0 Å². The number of thiazole rings is 1. The highest BCUT2D eigenvalue weighted by atomic mass is 32.2. The third-order valence-electron chi connectivity index (χ3n) is 3.48. The van der Waals surface area contributed by atoms with Gasteiger partial charge in [0.25, 0.3) is 0 Å². The molecule has 2 unspecified atom stereocenters. The van der Waals surface area contributed by atoms with Gasteiger partial charge in [0.15, 0.2) is 0 Å². The molecule has 114 valence electrons. The second-order valence-electron chi connectivity index (χ2n) is 5.29. The molecule has 1 aliphatic heterocycles. The van der Waals surface area contributed by atoms with E-state index < -0.39 is 10.0 Å². The molecule has 0 bridgehead atoms. The zero-order chi connectivity index (χ0) is 14.6. The Bertz CT molecular complexity index is 521. The lowest BCUT2D eigenvalue weighted by Crippen LogP contribution is -2.43. The molecule has 2 atom stereocenters. The molecule has 20 heavy (non-hydrogen) atoms. The number of rotatable bonds is 6. The van der Waals surface area contributed by atoms with E-state index in [9.17, 15) is 8.42 Å². The number of aromatic nitrogens is 1. The molecule has 1 saturated heterocycles. The van der Waals surface area contributed by atoms with E-state index in [2.05, 4.69) is 21.9 Å². The number of nitrogens with zero attached hydrogens (tertiary/aromatic N) is 1. The van der Waals surface area contributed by atoms with Gasteiger partial charge in [0, 0.05) is 17.1 Å². The summed E-state index contributed by atoms with van der Waals surface area (Å²) in [6, 6.07) is -0.176. The standard InChI is InChI=1S/C13H23N3O2S2/c1-3-12-8-15-13(19-12)10(2)16-20(17,18)9-11-6-4-5-7-14-11/h8,10-11,14,16H,3-7,9H2,1-2H3. The van der Waals surface area contributed by atoms with Crippen LogP contribution in [-0.2, 0) is 16.4 Å². The predicted octanol–water partition coefficient (Wildman–Crippen LogP) is 1.83. The monoisotopic (exact) mass is 317 g/mol. The summed E-state index contributed by atoms with van der Waals surface area (Å²) < 4.78 is 27.1. The maximum absolute atomic E-state index is 12.2. The van der Waals surface area contributed by atoms with E-state index in [4.69, 9.17) is 0 Å². The Morgan fingerprint density at radius 2 is 2.35 bits per heavy atom. The maximum Gasteiger partial charge on any atom is 0.213 e. The van der Waals surface area contributed by atoms with Gasteiger partial charge in [-0.1, -0.05) is 13.3 Å². The average molecular weight is 317 g/mol. The predicted molar refractivity (Wildman–Crippen MR) is 82.5 cm³/mol. The van der Waals surface area contributed by atoms with Crippen LogP contribution in [0.1, 0.15) is 49.0 Å². The van der Waals surface area contributed by atoms with Crippen molar-refractivity contribution in [2.24, 2.45) is 0 Å². The Hall–Kier alpha value is -0.500. The van der Waals surface area contributed by atoms with E-state index in [1.54, 1.807) is 11.3 Å². The third-order valence-corrected chi connectivity index (χ3v) is 6.36. The first-order valence-electron chi connectivity index (χ1n) is 7.18. The number of hydrogen-bond donors (Lipinski definition) is 2. The molecule has 1 aliphatic rings. The van der Waals surface area contributed by atoms with Crippen LogP contribution >= 0.6 is 11.3 Å². The summed E-state index contributed by atoms with van der Waals surface area (Å²) in [4.78, 5) is 5.47. The van der Waals surface area contributed by atoms with E-state index in [-0.39, 0.29) is 17.8 Å². The quantitative estimate of drug-likeness (QED) is 0.840. The van der Waals surface area contributed by atoms with Crippen LogP contribution < -0.4 is 10.0 Å². The van der Waals surface area contributed by atoms with Crippen molar-refractivity contribution in [3.05, 3.63) is 16.1 Å². The van der Waals surface area contributed by atoms with Crippen molar-refractivity contribution >= 4 is 21.4 Å². The Balaban J connectivity index is 1.92. The summed E-state index contributed by atoms with van der Waals surface area (Å²) in [5.41, 5.74) is 0. The molecule has 0 amide bonds. The second kappa shape index (κ2) is 6.98.